The SMILES string of the molecule is CCN(CCO)c1ccc(N2CC(CN=[N+]=[N-])CC2=O)cc1. The van der Waals surface area contributed by atoms with Crippen molar-refractivity contribution in [2.45, 2.75) is 13.3 Å². The van der Waals surface area contributed by atoms with E-state index in [0.29, 0.717) is 26.1 Å². The third-order valence-corrected chi connectivity index (χ3v) is 3.89. The number of hydrogen-bond acceptors (Lipinski definition) is 4. The maximum atomic E-state index is 12.1. The van der Waals surface area contributed by atoms with Gasteiger partial charge in [0.15, 0.2) is 0 Å². The number of rotatable bonds is 7. The molecule has 1 aliphatic heterocycles. The van der Waals surface area contributed by atoms with Crippen molar-refractivity contribution in [1.82, 2.24) is 0 Å². The van der Waals surface area contributed by atoms with Crippen molar-refractivity contribution in [3.63, 3.8) is 0 Å². The summed E-state index contributed by atoms with van der Waals surface area (Å²) in [7, 11) is 0. The number of carbonyl (C=O) groups is 1. The maximum Gasteiger partial charge on any atom is 0.227 e. The zero-order chi connectivity index (χ0) is 15.9. The van der Waals surface area contributed by atoms with Crippen molar-refractivity contribution in [1.29, 1.82) is 0 Å². The smallest absolute Gasteiger partial charge is 0.227 e. The minimum Gasteiger partial charge on any atom is -0.395 e. The van der Waals surface area contributed by atoms with Gasteiger partial charge in [-0.05, 0) is 42.6 Å². The Morgan fingerprint density at radius 3 is 2.77 bits per heavy atom. The van der Waals surface area contributed by atoms with E-state index in [4.69, 9.17) is 10.6 Å². The Labute approximate surface area is 129 Å². The van der Waals surface area contributed by atoms with Crippen molar-refractivity contribution in [3.05, 3.63) is 34.7 Å². The minimum atomic E-state index is 0.0635. The highest BCUT2D eigenvalue weighted by molar-refractivity contribution is 5.95. The quantitative estimate of drug-likeness (QED) is 0.475. The Balaban J connectivity index is 2.07. The molecule has 0 saturated carbocycles. The van der Waals surface area contributed by atoms with Gasteiger partial charge in [-0.3, -0.25) is 4.79 Å². The van der Waals surface area contributed by atoms with Gasteiger partial charge in [0.05, 0.1) is 6.61 Å². The summed E-state index contributed by atoms with van der Waals surface area (Å²) in [6, 6.07) is 7.76. The van der Waals surface area contributed by atoms with Crippen LogP contribution in [0.25, 0.3) is 10.4 Å². The highest BCUT2D eigenvalue weighted by Gasteiger charge is 2.29. The highest BCUT2D eigenvalue weighted by atomic mass is 16.3. The van der Waals surface area contributed by atoms with Crippen LogP contribution in [0.5, 0.6) is 0 Å². The molecule has 0 aliphatic carbocycles. The fourth-order valence-corrected chi connectivity index (χ4v) is 2.74. The van der Waals surface area contributed by atoms with Crippen molar-refractivity contribution in [3.8, 4) is 0 Å². The summed E-state index contributed by atoms with van der Waals surface area (Å²) in [5.74, 6) is 0.151. The van der Waals surface area contributed by atoms with Gasteiger partial charge in [0.2, 0.25) is 5.91 Å². The van der Waals surface area contributed by atoms with E-state index in [1.54, 1.807) is 4.90 Å². The number of azide groups is 1. The number of likely N-dealkylation sites (N-methyl/N-ethyl adjacent to an activating group) is 1. The number of nitrogens with zero attached hydrogens (tertiary/aromatic N) is 5. The second-order valence-electron chi connectivity index (χ2n) is 5.31. The summed E-state index contributed by atoms with van der Waals surface area (Å²) in [4.78, 5) is 18.6. The number of benzene rings is 1. The number of amides is 1. The van der Waals surface area contributed by atoms with Crippen LogP contribution >= 0.6 is 0 Å². The van der Waals surface area contributed by atoms with Crippen LogP contribution in [0, 0.1) is 5.92 Å². The lowest BCUT2D eigenvalue weighted by atomic mass is 10.1. The Morgan fingerprint density at radius 2 is 2.18 bits per heavy atom. The normalized spacial score (nSPS) is 17.5. The van der Waals surface area contributed by atoms with Crippen LogP contribution in [0.4, 0.5) is 11.4 Å². The van der Waals surface area contributed by atoms with Crippen LogP contribution in [0.2, 0.25) is 0 Å². The first kappa shape index (κ1) is 16.1. The molecule has 1 aromatic carbocycles. The van der Waals surface area contributed by atoms with E-state index in [1.165, 1.54) is 0 Å². The molecule has 1 atom stereocenters. The Morgan fingerprint density at radius 1 is 1.45 bits per heavy atom. The predicted molar refractivity (Wildman–Crippen MR) is 85.9 cm³/mol. The third-order valence-electron chi connectivity index (χ3n) is 3.89. The molecule has 1 heterocycles. The molecule has 0 spiro atoms. The largest absolute Gasteiger partial charge is 0.395 e. The van der Waals surface area contributed by atoms with Crippen LogP contribution in [0.3, 0.4) is 0 Å². The van der Waals surface area contributed by atoms with E-state index in [-0.39, 0.29) is 18.4 Å². The van der Waals surface area contributed by atoms with Crippen molar-refractivity contribution in [2.24, 2.45) is 11.0 Å². The Kier molecular flexibility index (Phi) is 5.63. The molecule has 1 saturated heterocycles. The number of aliphatic hydroxyl groups excluding tert-OH is 1. The molecule has 1 aromatic rings. The number of carbonyl (C=O) groups excluding carboxylic acids is 1. The molecule has 0 radical (unpaired) electrons. The number of hydrogen-bond donors (Lipinski definition) is 1. The van der Waals surface area contributed by atoms with Crippen molar-refractivity contribution in [2.75, 3.05) is 42.6 Å². The monoisotopic (exact) mass is 303 g/mol. The topological polar surface area (TPSA) is 92.5 Å². The zero-order valence-corrected chi connectivity index (χ0v) is 12.7. The first-order chi connectivity index (χ1) is 10.7. The van der Waals surface area contributed by atoms with E-state index >= 15 is 0 Å². The van der Waals surface area contributed by atoms with Crippen LogP contribution in [0.1, 0.15) is 13.3 Å². The molecule has 1 fully saturated rings. The summed E-state index contributed by atoms with van der Waals surface area (Å²) in [6.45, 7) is 4.50. The van der Waals surface area contributed by atoms with Gasteiger partial charge in [0.1, 0.15) is 0 Å². The summed E-state index contributed by atoms with van der Waals surface area (Å²) >= 11 is 0. The average molecular weight is 303 g/mol. The van der Waals surface area contributed by atoms with Gasteiger partial charge >= 0.3 is 0 Å². The Hall–Kier alpha value is -2.24. The number of aliphatic hydroxyl groups is 1. The van der Waals surface area contributed by atoms with E-state index in [0.717, 1.165) is 17.9 Å². The molecule has 2 rings (SSSR count). The second kappa shape index (κ2) is 7.68. The van der Waals surface area contributed by atoms with Gasteiger partial charge in [0, 0.05) is 48.9 Å². The van der Waals surface area contributed by atoms with Gasteiger partial charge < -0.3 is 14.9 Å². The molecule has 1 amide bonds. The average Bonchev–Trinajstić information content (AvgIpc) is 2.91. The molecule has 0 bridgehead atoms. The molecule has 1 aliphatic rings. The first-order valence-corrected chi connectivity index (χ1v) is 7.46. The second-order valence-corrected chi connectivity index (χ2v) is 5.31. The van der Waals surface area contributed by atoms with E-state index in [1.807, 2.05) is 31.2 Å². The third kappa shape index (κ3) is 3.69. The van der Waals surface area contributed by atoms with Gasteiger partial charge in [-0.25, -0.2) is 0 Å². The fraction of sp³-hybridized carbons (Fsp3) is 0.533. The molecule has 118 valence electrons. The van der Waals surface area contributed by atoms with Gasteiger partial charge in [-0.1, -0.05) is 5.11 Å². The lowest BCUT2D eigenvalue weighted by Gasteiger charge is -2.23. The van der Waals surface area contributed by atoms with Crippen molar-refractivity contribution < 1.29 is 9.90 Å². The molecule has 7 nitrogen and oxygen atoms in total. The minimum absolute atomic E-state index is 0.0635. The number of anilines is 2. The molecule has 1 N–H and O–H groups in total. The van der Waals surface area contributed by atoms with Crippen LogP contribution in [-0.4, -0.2) is 43.8 Å². The zero-order valence-electron chi connectivity index (χ0n) is 12.7. The predicted octanol–water partition coefficient (Wildman–Crippen LogP) is 2.17. The van der Waals surface area contributed by atoms with E-state index in [9.17, 15) is 4.79 Å². The summed E-state index contributed by atoms with van der Waals surface area (Å²) in [6.07, 6.45) is 0.423. The summed E-state index contributed by atoms with van der Waals surface area (Å²) < 4.78 is 0. The van der Waals surface area contributed by atoms with E-state index < -0.39 is 0 Å². The molecule has 22 heavy (non-hydrogen) atoms. The van der Waals surface area contributed by atoms with Crippen LogP contribution in [-0.2, 0) is 4.79 Å². The van der Waals surface area contributed by atoms with Crippen molar-refractivity contribution >= 4 is 17.3 Å². The molecule has 7 heteroatoms. The summed E-state index contributed by atoms with van der Waals surface area (Å²) in [5, 5.41) is 12.6. The summed E-state index contributed by atoms with van der Waals surface area (Å²) in [5.41, 5.74) is 10.2. The molecule has 1 unspecified atom stereocenters. The first-order valence-electron chi connectivity index (χ1n) is 7.46. The van der Waals surface area contributed by atoms with Crippen LogP contribution in [0.15, 0.2) is 29.4 Å². The van der Waals surface area contributed by atoms with Gasteiger partial charge in [-0.15, -0.1) is 0 Å². The molecule has 0 aromatic heterocycles. The fourth-order valence-electron chi connectivity index (χ4n) is 2.74. The molecular formula is C15H21N5O2. The lowest BCUT2D eigenvalue weighted by Crippen LogP contribution is -2.27. The molecular weight excluding hydrogens is 282 g/mol. The lowest BCUT2D eigenvalue weighted by molar-refractivity contribution is -0.117. The maximum absolute atomic E-state index is 12.1. The Bertz CT molecular complexity index is 554. The standard InChI is InChI=1S/C15H21N5O2/c1-2-19(7-8-21)13-3-5-14(6-4-13)20-11-12(9-15(20)22)10-17-18-16/h3-6,12,21H,2,7-11H2,1H3. The van der Waals surface area contributed by atoms with Gasteiger partial charge in [0.25, 0.3) is 0 Å². The highest BCUT2D eigenvalue weighted by Crippen LogP contribution is 2.27. The van der Waals surface area contributed by atoms with Gasteiger partial charge in [-0.2, -0.15) is 0 Å². The van der Waals surface area contributed by atoms with E-state index in [2.05, 4.69) is 14.9 Å². The van der Waals surface area contributed by atoms with Crippen LogP contribution < -0.4 is 9.80 Å².